The molecule has 1 aliphatic heterocycles. The van der Waals surface area contributed by atoms with Crippen molar-refractivity contribution in [1.29, 1.82) is 0 Å². The molecule has 0 spiro atoms. The molecule has 1 atom stereocenters. The van der Waals surface area contributed by atoms with E-state index in [0.717, 1.165) is 29.9 Å². The molecule has 1 saturated heterocycles. The lowest BCUT2D eigenvalue weighted by Crippen LogP contribution is -2.54. The van der Waals surface area contributed by atoms with Gasteiger partial charge in [0.15, 0.2) is 5.82 Å². The summed E-state index contributed by atoms with van der Waals surface area (Å²) in [6, 6.07) is 9.31. The number of amides is 1. The highest BCUT2D eigenvalue weighted by molar-refractivity contribution is 5.79. The van der Waals surface area contributed by atoms with Crippen LogP contribution < -0.4 is 4.90 Å². The molecule has 2 fully saturated rings. The summed E-state index contributed by atoms with van der Waals surface area (Å²) >= 11 is 0. The average Bonchev–Trinajstić information content (AvgIpc) is 3.49. The number of nitrogens with zero attached hydrogens (tertiary/aromatic N) is 4. The summed E-state index contributed by atoms with van der Waals surface area (Å²) in [4.78, 5) is 16.8. The minimum atomic E-state index is -0.256. The smallest absolute Gasteiger partial charge is 0.227 e. The van der Waals surface area contributed by atoms with E-state index in [-0.39, 0.29) is 24.2 Å². The van der Waals surface area contributed by atoms with E-state index in [9.17, 15) is 9.18 Å². The summed E-state index contributed by atoms with van der Waals surface area (Å²) in [6.45, 7) is 5.95. The van der Waals surface area contributed by atoms with Crippen LogP contribution >= 0.6 is 0 Å². The highest BCUT2D eigenvalue weighted by Crippen LogP contribution is 2.40. The molecule has 2 aromatic rings. The third-order valence-corrected chi connectivity index (χ3v) is 5.52. The first kappa shape index (κ1) is 17.9. The van der Waals surface area contributed by atoms with Gasteiger partial charge in [0.2, 0.25) is 5.91 Å². The van der Waals surface area contributed by atoms with Gasteiger partial charge in [-0.3, -0.25) is 4.79 Å². The molecule has 0 N–H and O–H groups in total. The Bertz CT molecular complexity index is 835. The number of benzene rings is 1. The Labute approximate surface area is 159 Å². The standard InChI is InChI=1S/C21H25FN4O/c1-14-3-8-20(24-23-14)25-9-10-26(15(2)13-25)21(27)12-18-7-6-17(11-19(18)22)16-4-5-16/h3,6-8,11,15-16H,4-5,9-10,12-13H2,1-2H3/t15-/m0/s1. The van der Waals surface area contributed by atoms with Crippen molar-refractivity contribution >= 4 is 11.7 Å². The number of carbonyl (C=O) groups excluding carboxylic acids is 1. The number of anilines is 1. The molecule has 6 heteroatoms. The van der Waals surface area contributed by atoms with Gasteiger partial charge >= 0.3 is 0 Å². The predicted octanol–water partition coefficient (Wildman–Crippen LogP) is 3.08. The van der Waals surface area contributed by atoms with Crippen LogP contribution in [0.1, 0.15) is 42.5 Å². The van der Waals surface area contributed by atoms with Crippen LogP contribution in [0.5, 0.6) is 0 Å². The summed E-state index contributed by atoms with van der Waals surface area (Å²) in [5, 5.41) is 8.34. The molecule has 0 radical (unpaired) electrons. The monoisotopic (exact) mass is 368 g/mol. The van der Waals surface area contributed by atoms with E-state index in [0.29, 0.717) is 31.1 Å². The Morgan fingerprint density at radius 2 is 2.00 bits per heavy atom. The molecule has 2 heterocycles. The fraction of sp³-hybridized carbons (Fsp3) is 0.476. The molecular formula is C21H25FN4O. The van der Waals surface area contributed by atoms with Gasteiger partial charge in [-0.1, -0.05) is 12.1 Å². The number of hydrogen-bond acceptors (Lipinski definition) is 4. The molecule has 1 saturated carbocycles. The van der Waals surface area contributed by atoms with Gasteiger partial charge in [-0.05, 0) is 61.9 Å². The number of carbonyl (C=O) groups is 1. The van der Waals surface area contributed by atoms with E-state index in [1.807, 2.05) is 36.9 Å². The normalized spacial score (nSPS) is 20.0. The first-order valence-corrected chi connectivity index (χ1v) is 9.64. The zero-order chi connectivity index (χ0) is 19.0. The van der Waals surface area contributed by atoms with Crippen molar-refractivity contribution in [3.63, 3.8) is 0 Å². The summed E-state index contributed by atoms with van der Waals surface area (Å²) in [5.74, 6) is 1.08. The molecule has 0 unspecified atom stereocenters. The van der Waals surface area contributed by atoms with Crippen LogP contribution in [0.4, 0.5) is 10.2 Å². The minimum absolute atomic E-state index is 0.0183. The van der Waals surface area contributed by atoms with Crippen molar-refractivity contribution in [2.45, 2.75) is 45.1 Å². The SMILES string of the molecule is Cc1ccc(N2CCN(C(=O)Cc3ccc(C4CC4)cc3F)[C@@H](C)C2)nn1. The molecule has 4 rings (SSSR count). The lowest BCUT2D eigenvalue weighted by Gasteiger charge is -2.40. The lowest BCUT2D eigenvalue weighted by atomic mass is 10.0. The topological polar surface area (TPSA) is 49.3 Å². The first-order chi connectivity index (χ1) is 13.0. The van der Waals surface area contributed by atoms with Gasteiger partial charge < -0.3 is 9.80 Å². The highest BCUT2D eigenvalue weighted by atomic mass is 19.1. The third-order valence-electron chi connectivity index (χ3n) is 5.52. The fourth-order valence-corrected chi connectivity index (χ4v) is 3.74. The van der Waals surface area contributed by atoms with Crippen LogP contribution in [-0.4, -0.2) is 46.7 Å². The largest absolute Gasteiger partial charge is 0.351 e. The molecule has 2 aliphatic rings. The quantitative estimate of drug-likeness (QED) is 0.832. The number of piperazine rings is 1. The summed E-state index contributed by atoms with van der Waals surface area (Å²) in [5.41, 5.74) is 2.43. The maximum absolute atomic E-state index is 14.4. The Morgan fingerprint density at radius 3 is 2.63 bits per heavy atom. The number of aryl methyl sites for hydroxylation is 1. The van der Waals surface area contributed by atoms with Crippen LogP contribution in [0.3, 0.4) is 0 Å². The van der Waals surface area contributed by atoms with E-state index in [1.54, 1.807) is 12.1 Å². The second-order valence-corrected chi connectivity index (χ2v) is 7.72. The van der Waals surface area contributed by atoms with Crippen molar-refractivity contribution < 1.29 is 9.18 Å². The van der Waals surface area contributed by atoms with Crippen LogP contribution in [0.25, 0.3) is 0 Å². The van der Waals surface area contributed by atoms with Gasteiger partial charge in [-0.2, -0.15) is 5.10 Å². The van der Waals surface area contributed by atoms with Gasteiger partial charge in [0, 0.05) is 25.7 Å². The Morgan fingerprint density at radius 1 is 1.19 bits per heavy atom. The number of halogens is 1. The highest BCUT2D eigenvalue weighted by Gasteiger charge is 2.29. The second kappa shape index (κ2) is 7.25. The molecule has 1 aromatic carbocycles. The summed E-state index contributed by atoms with van der Waals surface area (Å²) in [6.07, 6.45) is 2.40. The van der Waals surface area contributed by atoms with Gasteiger partial charge in [-0.25, -0.2) is 4.39 Å². The van der Waals surface area contributed by atoms with Crippen molar-refractivity contribution in [2.75, 3.05) is 24.5 Å². The maximum Gasteiger partial charge on any atom is 0.227 e. The Hall–Kier alpha value is -2.50. The first-order valence-electron chi connectivity index (χ1n) is 9.64. The van der Waals surface area contributed by atoms with Gasteiger partial charge in [0.1, 0.15) is 5.82 Å². The van der Waals surface area contributed by atoms with Crippen LogP contribution in [0.2, 0.25) is 0 Å². The van der Waals surface area contributed by atoms with Crippen LogP contribution in [-0.2, 0) is 11.2 Å². The van der Waals surface area contributed by atoms with E-state index >= 15 is 0 Å². The summed E-state index contributed by atoms with van der Waals surface area (Å²) < 4.78 is 14.4. The van der Waals surface area contributed by atoms with Crippen molar-refractivity contribution in [1.82, 2.24) is 15.1 Å². The summed E-state index contributed by atoms with van der Waals surface area (Å²) in [7, 11) is 0. The Balaban J connectivity index is 1.39. The molecule has 5 nitrogen and oxygen atoms in total. The second-order valence-electron chi connectivity index (χ2n) is 7.72. The van der Waals surface area contributed by atoms with Crippen LogP contribution in [0, 0.1) is 12.7 Å². The molecule has 1 aromatic heterocycles. The molecule has 0 bridgehead atoms. The van der Waals surface area contributed by atoms with E-state index in [1.165, 1.54) is 0 Å². The van der Waals surface area contributed by atoms with Crippen molar-refractivity contribution in [3.05, 3.63) is 53.0 Å². The minimum Gasteiger partial charge on any atom is -0.351 e. The Kier molecular flexibility index (Phi) is 4.81. The zero-order valence-corrected chi connectivity index (χ0v) is 15.9. The average molecular weight is 368 g/mol. The molecule has 27 heavy (non-hydrogen) atoms. The predicted molar refractivity (Wildman–Crippen MR) is 102 cm³/mol. The molecule has 1 aliphatic carbocycles. The number of hydrogen-bond donors (Lipinski definition) is 0. The molecular weight excluding hydrogens is 343 g/mol. The van der Waals surface area contributed by atoms with Gasteiger partial charge in [0.05, 0.1) is 12.1 Å². The van der Waals surface area contributed by atoms with E-state index < -0.39 is 0 Å². The van der Waals surface area contributed by atoms with Crippen molar-refractivity contribution in [3.8, 4) is 0 Å². The van der Waals surface area contributed by atoms with Crippen molar-refractivity contribution in [2.24, 2.45) is 0 Å². The molecule has 142 valence electrons. The number of rotatable bonds is 4. The van der Waals surface area contributed by atoms with E-state index in [2.05, 4.69) is 15.1 Å². The zero-order valence-electron chi connectivity index (χ0n) is 15.9. The lowest BCUT2D eigenvalue weighted by molar-refractivity contribution is -0.132. The maximum atomic E-state index is 14.4. The van der Waals surface area contributed by atoms with Crippen LogP contribution in [0.15, 0.2) is 30.3 Å². The molecule has 1 amide bonds. The van der Waals surface area contributed by atoms with Gasteiger partial charge in [-0.15, -0.1) is 5.10 Å². The fourth-order valence-electron chi connectivity index (χ4n) is 3.74. The number of aromatic nitrogens is 2. The third kappa shape index (κ3) is 3.94. The van der Waals surface area contributed by atoms with Gasteiger partial charge in [0.25, 0.3) is 0 Å². The van der Waals surface area contributed by atoms with E-state index in [4.69, 9.17) is 0 Å².